The lowest BCUT2D eigenvalue weighted by molar-refractivity contribution is -0.121. The summed E-state index contributed by atoms with van der Waals surface area (Å²) in [5.41, 5.74) is 0.644. The van der Waals surface area contributed by atoms with Crippen molar-refractivity contribution in [1.29, 1.82) is 0 Å². The average molecular weight is 400 g/mol. The molecule has 2 heterocycles. The van der Waals surface area contributed by atoms with E-state index in [1.807, 2.05) is 40.6 Å². The Labute approximate surface area is 169 Å². The molecule has 1 aliphatic rings. The van der Waals surface area contributed by atoms with Crippen molar-refractivity contribution in [2.45, 2.75) is 12.8 Å². The van der Waals surface area contributed by atoms with Gasteiger partial charge in [-0.3, -0.25) is 19.3 Å². The predicted molar refractivity (Wildman–Crippen MR) is 110 cm³/mol. The molecule has 0 atom stereocenters. The molecule has 1 aromatic heterocycles. The minimum atomic E-state index is -0.101. The van der Waals surface area contributed by atoms with Crippen LogP contribution in [0.15, 0.2) is 47.8 Å². The molecule has 0 bridgehead atoms. The molecule has 6 nitrogen and oxygen atoms in total. The number of Topliss-reactive ketones (excluding diaryl/α,β-unsaturated/α-hetero) is 1. The summed E-state index contributed by atoms with van der Waals surface area (Å²) in [5.74, 6) is -0.0101. The first-order valence-corrected chi connectivity index (χ1v) is 10.4. The number of carbonyl (C=O) groups is 3. The Bertz CT molecular complexity index is 784. The molecule has 2 aromatic rings. The molecule has 1 N–H and O–H groups in total. The maximum Gasteiger partial charge on any atom is 0.264 e. The van der Waals surface area contributed by atoms with Gasteiger partial charge in [0.2, 0.25) is 5.91 Å². The van der Waals surface area contributed by atoms with E-state index in [4.69, 9.17) is 0 Å². The van der Waals surface area contributed by atoms with Gasteiger partial charge in [0, 0.05) is 57.7 Å². The fourth-order valence-electron chi connectivity index (χ4n) is 3.17. The summed E-state index contributed by atoms with van der Waals surface area (Å²) in [4.78, 5) is 41.2. The van der Waals surface area contributed by atoms with Crippen molar-refractivity contribution in [2.24, 2.45) is 0 Å². The number of benzene rings is 1. The summed E-state index contributed by atoms with van der Waals surface area (Å²) in [6.45, 7) is 4.32. The van der Waals surface area contributed by atoms with E-state index < -0.39 is 0 Å². The first kappa shape index (κ1) is 20.2. The highest BCUT2D eigenvalue weighted by atomic mass is 32.1. The van der Waals surface area contributed by atoms with Gasteiger partial charge in [-0.15, -0.1) is 11.3 Å². The number of thiophene rings is 1. The number of carbonyl (C=O) groups excluding carboxylic acids is 3. The van der Waals surface area contributed by atoms with Gasteiger partial charge in [0.15, 0.2) is 5.78 Å². The van der Waals surface area contributed by atoms with E-state index >= 15 is 0 Å². The molecule has 1 aliphatic heterocycles. The number of hydrogen-bond donors (Lipinski definition) is 1. The highest BCUT2D eigenvalue weighted by molar-refractivity contribution is 7.12. The zero-order chi connectivity index (χ0) is 19.8. The van der Waals surface area contributed by atoms with Crippen molar-refractivity contribution in [3.63, 3.8) is 0 Å². The van der Waals surface area contributed by atoms with Crippen LogP contribution in [0.3, 0.4) is 0 Å². The second-order valence-electron chi connectivity index (χ2n) is 6.75. The summed E-state index contributed by atoms with van der Waals surface area (Å²) in [5, 5.41) is 4.80. The van der Waals surface area contributed by atoms with Crippen LogP contribution in [-0.2, 0) is 4.79 Å². The first-order valence-electron chi connectivity index (χ1n) is 9.53. The lowest BCUT2D eigenvalue weighted by Gasteiger charge is -2.34. The third kappa shape index (κ3) is 5.74. The van der Waals surface area contributed by atoms with Crippen LogP contribution < -0.4 is 5.32 Å². The monoisotopic (exact) mass is 399 g/mol. The molecule has 0 unspecified atom stereocenters. The first-order chi connectivity index (χ1) is 13.6. The summed E-state index contributed by atoms with van der Waals surface area (Å²) >= 11 is 1.47. The molecule has 0 saturated carbocycles. The van der Waals surface area contributed by atoms with Crippen LogP contribution in [0.5, 0.6) is 0 Å². The SMILES string of the molecule is O=C(CCC(=O)c1ccccc1)NCCN1CCN(C(=O)c2cccs2)CC1. The van der Waals surface area contributed by atoms with E-state index in [9.17, 15) is 14.4 Å². The lowest BCUT2D eigenvalue weighted by atomic mass is 10.1. The summed E-state index contributed by atoms with van der Waals surface area (Å²) in [7, 11) is 0. The summed E-state index contributed by atoms with van der Waals surface area (Å²) < 4.78 is 0. The topological polar surface area (TPSA) is 69.7 Å². The van der Waals surface area contributed by atoms with Crippen LogP contribution in [0.2, 0.25) is 0 Å². The van der Waals surface area contributed by atoms with Crippen molar-refractivity contribution in [3.8, 4) is 0 Å². The van der Waals surface area contributed by atoms with Crippen molar-refractivity contribution in [3.05, 3.63) is 58.3 Å². The maximum atomic E-state index is 12.3. The number of ketones is 1. The Kier molecular flexibility index (Phi) is 7.33. The molecule has 0 radical (unpaired) electrons. The third-order valence-electron chi connectivity index (χ3n) is 4.82. The molecule has 0 aliphatic carbocycles. The van der Waals surface area contributed by atoms with Crippen LogP contribution in [-0.4, -0.2) is 66.7 Å². The third-order valence-corrected chi connectivity index (χ3v) is 5.67. The Morgan fingerprint density at radius 3 is 2.36 bits per heavy atom. The predicted octanol–water partition coefficient (Wildman–Crippen LogP) is 2.29. The molecule has 1 aromatic carbocycles. The molecular formula is C21H25N3O3S. The van der Waals surface area contributed by atoms with Gasteiger partial charge < -0.3 is 10.2 Å². The number of nitrogens with one attached hydrogen (secondary N) is 1. The Balaban J connectivity index is 1.30. The van der Waals surface area contributed by atoms with E-state index in [-0.39, 0.29) is 30.4 Å². The molecule has 7 heteroatoms. The highest BCUT2D eigenvalue weighted by Gasteiger charge is 2.22. The van der Waals surface area contributed by atoms with Crippen molar-refractivity contribution < 1.29 is 14.4 Å². The van der Waals surface area contributed by atoms with E-state index in [2.05, 4.69) is 10.2 Å². The fourth-order valence-corrected chi connectivity index (χ4v) is 3.86. The van der Waals surface area contributed by atoms with Crippen LogP contribution in [0.4, 0.5) is 0 Å². The van der Waals surface area contributed by atoms with E-state index in [1.165, 1.54) is 11.3 Å². The second-order valence-corrected chi connectivity index (χ2v) is 7.70. The van der Waals surface area contributed by atoms with Crippen LogP contribution in [0.25, 0.3) is 0 Å². The molecule has 3 rings (SSSR count). The van der Waals surface area contributed by atoms with Gasteiger partial charge in [0.05, 0.1) is 4.88 Å². The summed E-state index contributed by atoms with van der Waals surface area (Å²) in [6.07, 6.45) is 0.427. The van der Waals surface area contributed by atoms with Crippen molar-refractivity contribution in [1.82, 2.24) is 15.1 Å². The number of hydrogen-bond acceptors (Lipinski definition) is 5. The van der Waals surface area contributed by atoms with Crippen molar-refractivity contribution >= 4 is 28.9 Å². The van der Waals surface area contributed by atoms with Gasteiger partial charge in [0.25, 0.3) is 5.91 Å². The Morgan fingerprint density at radius 1 is 0.929 bits per heavy atom. The molecular weight excluding hydrogens is 374 g/mol. The van der Waals surface area contributed by atoms with Crippen LogP contribution in [0, 0.1) is 0 Å². The normalized spacial score (nSPS) is 14.6. The maximum absolute atomic E-state index is 12.3. The smallest absolute Gasteiger partial charge is 0.264 e. The van der Waals surface area contributed by atoms with Gasteiger partial charge in [-0.2, -0.15) is 0 Å². The number of amides is 2. The van der Waals surface area contributed by atoms with E-state index in [1.54, 1.807) is 12.1 Å². The van der Waals surface area contributed by atoms with Gasteiger partial charge >= 0.3 is 0 Å². The lowest BCUT2D eigenvalue weighted by Crippen LogP contribution is -2.50. The number of rotatable bonds is 8. The second kappa shape index (κ2) is 10.1. The molecule has 148 valence electrons. The van der Waals surface area contributed by atoms with Gasteiger partial charge in [0.1, 0.15) is 0 Å². The minimum absolute atomic E-state index is 0.0118. The fraction of sp³-hybridized carbons (Fsp3) is 0.381. The Hall–Kier alpha value is -2.51. The molecule has 1 fully saturated rings. The number of nitrogens with zero attached hydrogens (tertiary/aromatic N) is 2. The van der Waals surface area contributed by atoms with Crippen LogP contribution >= 0.6 is 11.3 Å². The minimum Gasteiger partial charge on any atom is -0.355 e. The zero-order valence-electron chi connectivity index (χ0n) is 15.8. The average Bonchev–Trinajstić information content (AvgIpc) is 3.27. The molecule has 2 amide bonds. The van der Waals surface area contributed by atoms with E-state index in [0.29, 0.717) is 25.2 Å². The molecule has 1 saturated heterocycles. The Morgan fingerprint density at radius 2 is 1.68 bits per heavy atom. The van der Waals surface area contributed by atoms with E-state index in [0.717, 1.165) is 24.5 Å². The summed E-state index contributed by atoms with van der Waals surface area (Å²) in [6, 6.07) is 12.8. The molecule has 0 spiro atoms. The van der Waals surface area contributed by atoms with Gasteiger partial charge in [-0.1, -0.05) is 36.4 Å². The largest absolute Gasteiger partial charge is 0.355 e. The quantitative estimate of drug-likeness (QED) is 0.692. The molecule has 28 heavy (non-hydrogen) atoms. The van der Waals surface area contributed by atoms with Crippen LogP contribution in [0.1, 0.15) is 32.9 Å². The van der Waals surface area contributed by atoms with Crippen molar-refractivity contribution in [2.75, 3.05) is 39.3 Å². The van der Waals surface area contributed by atoms with Gasteiger partial charge in [-0.25, -0.2) is 0 Å². The highest BCUT2D eigenvalue weighted by Crippen LogP contribution is 2.13. The zero-order valence-corrected chi connectivity index (χ0v) is 16.6. The number of piperazine rings is 1. The van der Waals surface area contributed by atoms with Gasteiger partial charge in [-0.05, 0) is 11.4 Å². The standard InChI is InChI=1S/C21H25N3O3S/c25-18(17-5-2-1-3-6-17)8-9-20(26)22-10-11-23-12-14-24(15-13-23)21(27)19-7-4-16-28-19/h1-7,16H,8-15H2,(H,22,26).